The first-order chi connectivity index (χ1) is 11.6. The van der Waals surface area contributed by atoms with Crippen molar-refractivity contribution < 1.29 is 0 Å². The molecule has 0 aromatic carbocycles. The van der Waals surface area contributed by atoms with Gasteiger partial charge in [-0.25, -0.2) is 0 Å². The number of allylic oxidation sites excluding steroid dienone is 11. The topological polar surface area (TPSA) is 0 Å². The molecule has 1 rings (SSSR count). The van der Waals surface area contributed by atoms with Gasteiger partial charge < -0.3 is 0 Å². The zero-order valence-electron chi connectivity index (χ0n) is 16.0. The minimum absolute atomic E-state index is 1.03. The average molecular weight is 344 g/mol. The van der Waals surface area contributed by atoms with E-state index in [1.807, 2.05) is 19.1 Å². The van der Waals surface area contributed by atoms with E-state index in [2.05, 4.69) is 69.8 Å². The fraction of sp³-hybridized carbons (Fsp3) is 0.391. The lowest BCUT2D eigenvalue weighted by molar-refractivity contribution is 0.704. The molecule has 0 N–H and O–H groups in total. The van der Waals surface area contributed by atoms with E-state index < -0.39 is 7.26 Å². The lowest BCUT2D eigenvalue weighted by atomic mass is 10.2. The fourth-order valence-corrected chi connectivity index (χ4v) is 5.53. The van der Waals surface area contributed by atoms with E-state index in [-0.39, 0.29) is 0 Å². The molecule has 132 valence electrons. The van der Waals surface area contributed by atoms with Gasteiger partial charge in [-0.05, 0) is 44.4 Å². The van der Waals surface area contributed by atoms with Gasteiger partial charge in [0.1, 0.15) is 0 Å². The summed E-state index contributed by atoms with van der Waals surface area (Å²) in [6.07, 6.45) is 26.6. The van der Waals surface area contributed by atoms with Crippen LogP contribution in [0.25, 0.3) is 0 Å². The molecule has 1 aliphatic carbocycles. The van der Waals surface area contributed by atoms with E-state index >= 15 is 0 Å². The van der Waals surface area contributed by atoms with Gasteiger partial charge in [0.2, 0.25) is 0 Å². The summed E-state index contributed by atoms with van der Waals surface area (Å²) in [5, 5.41) is 2.76. The molecule has 0 amide bonds. The Hall–Kier alpha value is -1.39. The molecule has 0 saturated heterocycles. The van der Waals surface area contributed by atoms with Crippen LogP contribution in [0.15, 0.2) is 85.0 Å². The number of hydrogen-bond donors (Lipinski definition) is 0. The van der Waals surface area contributed by atoms with E-state index in [0.29, 0.717) is 0 Å². The van der Waals surface area contributed by atoms with Crippen LogP contribution in [0.3, 0.4) is 0 Å². The highest BCUT2D eigenvalue weighted by atomic mass is 31.2. The predicted octanol–water partition coefficient (Wildman–Crippen LogP) is 8.06. The Morgan fingerprint density at radius 3 is 2.54 bits per heavy atom. The van der Waals surface area contributed by atoms with Gasteiger partial charge in [-0.15, -0.1) is 6.58 Å². The Kier molecular flexibility index (Phi) is 13.2. The monoisotopic (exact) mass is 343 g/mol. The lowest BCUT2D eigenvalue weighted by Gasteiger charge is -2.24. The molecule has 1 aliphatic rings. The molecule has 0 nitrogen and oxygen atoms in total. The summed E-state index contributed by atoms with van der Waals surface area (Å²) in [4.78, 5) is 0. The molecular weight excluding hydrogens is 307 g/mol. The molecule has 0 spiro atoms. The zero-order valence-corrected chi connectivity index (χ0v) is 16.9. The second-order valence-electron chi connectivity index (χ2n) is 6.13. The van der Waals surface area contributed by atoms with E-state index in [1.54, 1.807) is 6.08 Å². The van der Waals surface area contributed by atoms with Crippen molar-refractivity contribution in [1.82, 2.24) is 0 Å². The standard InChI is InChI=1S/C20H30P.C3H6/c1-5-7-9-14-18-21(4,19(3)15-8-6-2)20-16-12-10-11-13-17-20;1-3-2/h6,8,10,12-13,15-17H,2-3,5,7,9,11,14,18H2,1,4H3;3H,1H2,2H3/q+1;/b15-8-;. The van der Waals surface area contributed by atoms with E-state index in [9.17, 15) is 0 Å². The van der Waals surface area contributed by atoms with Crippen LogP contribution in [0.4, 0.5) is 0 Å². The van der Waals surface area contributed by atoms with E-state index in [4.69, 9.17) is 0 Å². The first-order valence-electron chi connectivity index (χ1n) is 9.01. The Balaban J connectivity index is 0.00000163. The van der Waals surface area contributed by atoms with Crippen LogP contribution in [-0.2, 0) is 0 Å². The van der Waals surface area contributed by atoms with Gasteiger partial charge in [0.05, 0.1) is 30.7 Å². The maximum Gasteiger partial charge on any atom is 0.0985 e. The highest BCUT2D eigenvalue weighted by Gasteiger charge is 2.37. The van der Waals surface area contributed by atoms with Gasteiger partial charge in [-0.2, -0.15) is 0 Å². The van der Waals surface area contributed by atoms with Gasteiger partial charge >= 0.3 is 0 Å². The average Bonchev–Trinajstić information content (AvgIpc) is 2.86. The molecular formula is C23H36P+. The first-order valence-corrected chi connectivity index (χ1v) is 11.4. The van der Waals surface area contributed by atoms with Crippen molar-refractivity contribution >= 4 is 7.26 Å². The first kappa shape index (κ1) is 22.6. The lowest BCUT2D eigenvalue weighted by Crippen LogP contribution is -2.01. The molecule has 24 heavy (non-hydrogen) atoms. The molecule has 1 heteroatoms. The normalized spacial score (nSPS) is 15.7. The second-order valence-corrected chi connectivity index (χ2v) is 10.0. The van der Waals surface area contributed by atoms with Crippen LogP contribution in [-0.4, -0.2) is 12.8 Å². The van der Waals surface area contributed by atoms with Gasteiger partial charge in [0, 0.05) is 0 Å². The highest BCUT2D eigenvalue weighted by molar-refractivity contribution is 7.83. The van der Waals surface area contributed by atoms with Crippen molar-refractivity contribution in [2.45, 2.75) is 46.0 Å². The summed E-state index contributed by atoms with van der Waals surface area (Å²) in [5.74, 6) is 0. The zero-order chi connectivity index (χ0) is 18.3. The minimum Gasteiger partial charge on any atom is -0.103 e. The SMILES string of the molecule is C=C/C=C\C(=C)[P+](C)(CCCCCC)C1=CC=CCC=C1.C=CC. The van der Waals surface area contributed by atoms with Crippen molar-refractivity contribution in [3.8, 4) is 0 Å². The summed E-state index contributed by atoms with van der Waals surface area (Å²) in [6.45, 7) is 18.1. The maximum atomic E-state index is 4.38. The van der Waals surface area contributed by atoms with Gasteiger partial charge in [0.15, 0.2) is 0 Å². The smallest absolute Gasteiger partial charge is 0.0985 e. The van der Waals surface area contributed by atoms with Crippen LogP contribution < -0.4 is 0 Å². The van der Waals surface area contributed by atoms with Crippen LogP contribution in [0, 0.1) is 0 Å². The van der Waals surface area contributed by atoms with Crippen molar-refractivity contribution in [1.29, 1.82) is 0 Å². The molecule has 0 fully saturated rings. The Morgan fingerprint density at radius 2 is 1.92 bits per heavy atom. The summed E-state index contributed by atoms with van der Waals surface area (Å²) >= 11 is 0. The van der Waals surface area contributed by atoms with E-state index in [1.165, 1.54) is 42.5 Å². The molecule has 0 saturated carbocycles. The summed E-state index contributed by atoms with van der Waals surface area (Å²) < 4.78 is 0. The van der Waals surface area contributed by atoms with Gasteiger partial charge in [-0.3, -0.25) is 0 Å². The highest BCUT2D eigenvalue weighted by Crippen LogP contribution is 2.69. The molecule has 0 aromatic heterocycles. The van der Waals surface area contributed by atoms with E-state index in [0.717, 1.165) is 6.42 Å². The number of hydrogen-bond acceptors (Lipinski definition) is 0. The molecule has 1 atom stereocenters. The predicted molar refractivity (Wildman–Crippen MR) is 117 cm³/mol. The second kappa shape index (κ2) is 14.0. The molecule has 0 bridgehead atoms. The molecule has 0 heterocycles. The molecule has 0 radical (unpaired) electrons. The fourth-order valence-electron chi connectivity index (χ4n) is 2.53. The van der Waals surface area contributed by atoms with Crippen LogP contribution in [0.1, 0.15) is 46.0 Å². The number of unbranched alkanes of at least 4 members (excludes halogenated alkanes) is 3. The molecule has 1 unspecified atom stereocenters. The van der Waals surface area contributed by atoms with Gasteiger partial charge in [0.25, 0.3) is 0 Å². The van der Waals surface area contributed by atoms with Crippen molar-refractivity contribution in [3.63, 3.8) is 0 Å². The minimum atomic E-state index is -1.34. The van der Waals surface area contributed by atoms with Crippen molar-refractivity contribution in [2.75, 3.05) is 12.8 Å². The third-order valence-electron chi connectivity index (χ3n) is 4.05. The van der Waals surface area contributed by atoms with Crippen molar-refractivity contribution in [3.05, 3.63) is 85.0 Å². The summed E-state index contributed by atoms with van der Waals surface area (Å²) in [5.41, 5.74) is 0. The Labute approximate surface area is 151 Å². The van der Waals surface area contributed by atoms with Crippen LogP contribution in [0.5, 0.6) is 0 Å². The third-order valence-corrected chi connectivity index (χ3v) is 8.12. The Bertz CT molecular complexity index is 502. The Morgan fingerprint density at radius 1 is 1.21 bits per heavy atom. The number of rotatable bonds is 9. The summed E-state index contributed by atoms with van der Waals surface area (Å²) in [7, 11) is -1.34. The molecule has 0 aromatic rings. The third kappa shape index (κ3) is 8.46. The van der Waals surface area contributed by atoms with Crippen LogP contribution in [0.2, 0.25) is 0 Å². The van der Waals surface area contributed by atoms with Gasteiger partial charge in [-0.1, -0.05) is 69.4 Å². The summed E-state index contributed by atoms with van der Waals surface area (Å²) in [6, 6.07) is 0. The molecule has 0 aliphatic heterocycles. The van der Waals surface area contributed by atoms with Crippen molar-refractivity contribution in [2.24, 2.45) is 0 Å². The van der Waals surface area contributed by atoms with Crippen LogP contribution >= 0.6 is 7.26 Å². The largest absolute Gasteiger partial charge is 0.103 e. The quantitative estimate of drug-likeness (QED) is 0.172. The maximum absolute atomic E-state index is 4.38.